The Labute approximate surface area is 179 Å². The maximum atomic E-state index is 14.0. The van der Waals surface area contributed by atoms with E-state index in [-0.39, 0.29) is 5.56 Å². The van der Waals surface area contributed by atoms with Crippen molar-refractivity contribution in [1.82, 2.24) is 15.5 Å². The molecule has 2 aromatic rings. The number of carbonyl (C=O) groups is 4. The van der Waals surface area contributed by atoms with E-state index in [1.54, 1.807) is 0 Å². The summed E-state index contributed by atoms with van der Waals surface area (Å²) in [7, 11) is 1.42. The summed E-state index contributed by atoms with van der Waals surface area (Å²) < 4.78 is 27.5. The Morgan fingerprint density at radius 2 is 1.97 bits per heavy atom. The summed E-state index contributed by atoms with van der Waals surface area (Å²) in [4.78, 5) is 49.5. The zero-order chi connectivity index (χ0) is 22.7. The lowest BCUT2D eigenvalue weighted by Gasteiger charge is -2.25. The molecule has 0 fully saturated rings. The fraction of sp³-hybridized carbons (Fsp3) is 0.200. The maximum Gasteiger partial charge on any atom is 0.316 e. The van der Waals surface area contributed by atoms with Gasteiger partial charge in [-0.3, -0.25) is 14.4 Å². The number of hydrogen-bond acceptors (Lipinski definition) is 5. The average Bonchev–Trinajstić information content (AvgIpc) is 3.19. The van der Waals surface area contributed by atoms with Gasteiger partial charge >= 0.3 is 12.0 Å². The van der Waals surface area contributed by atoms with Crippen molar-refractivity contribution in [3.05, 3.63) is 59.1 Å². The molecule has 0 bridgehead atoms. The molecule has 0 saturated carbocycles. The van der Waals surface area contributed by atoms with E-state index in [1.165, 1.54) is 25.4 Å². The Morgan fingerprint density at radius 3 is 2.68 bits per heavy atom. The first-order valence-electron chi connectivity index (χ1n) is 8.98. The second-order valence-corrected chi connectivity index (χ2v) is 7.81. The predicted molar refractivity (Wildman–Crippen MR) is 107 cm³/mol. The van der Waals surface area contributed by atoms with Gasteiger partial charge in [-0.05, 0) is 30.3 Å². The molecule has 31 heavy (non-hydrogen) atoms. The molecule has 3 rings (SSSR count). The number of likely N-dealkylation sites (N-methyl/N-ethyl adjacent to an activating group) is 1. The Balaban J connectivity index is 1.79. The lowest BCUT2D eigenvalue weighted by Crippen LogP contribution is -2.55. The van der Waals surface area contributed by atoms with Crippen LogP contribution in [0.5, 0.6) is 0 Å². The normalized spacial score (nSPS) is 16.9. The molecule has 1 aliphatic heterocycles. The van der Waals surface area contributed by atoms with Gasteiger partial charge in [-0.1, -0.05) is 0 Å². The number of ketones is 1. The second kappa shape index (κ2) is 9.04. The number of aliphatic carboxylic acids is 1. The number of benzene rings is 1. The Morgan fingerprint density at radius 1 is 1.23 bits per heavy atom. The van der Waals surface area contributed by atoms with Crippen LogP contribution >= 0.6 is 11.3 Å². The standard InChI is InChI=1S/C20H17F2N3O5S/c1-25-7-6-14(26)18(19(25)29)24-20(30)23-13(9-17(27)28)16-5-4-15(31-16)11-8-10(21)2-3-12(11)22/h2-8,13,18H,9H2,1H3,(H,27,28)(H2,23,24,30)/t13-,18?/m0/s1. The molecular formula is C20H17F2N3O5S. The molecule has 1 aliphatic rings. The van der Waals surface area contributed by atoms with E-state index in [0.29, 0.717) is 9.75 Å². The first-order chi connectivity index (χ1) is 14.7. The summed E-state index contributed by atoms with van der Waals surface area (Å²) in [5.41, 5.74) is 0.00278. The lowest BCUT2D eigenvalue weighted by atomic mass is 10.1. The summed E-state index contributed by atoms with van der Waals surface area (Å²) in [5.74, 6) is -3.76. The van der Waals surface area contributed by atoms with Crippen LogP contribution in [0.3, 0.4) is 0 Å². The van der Waals surface area contributed by atoms with Gasteiger partial charge < -0.3 is 20.6 Å². The van der Waals surface area contributed by atoms with Crippen LogP contribution < -0.4 is 10.6 Å². The van der Waals surface area contributed by atoms with E-state index in [9.17, 15) is 33.1 Å². The molecule has 3 amide bonds. The largest absolute Gasteiger partial charge is 0.481 e. The van der Waals surface area contributed by atoms with Gasteiger partial charge in [0.05, 0.1) is 12.5 Å². The minimum Gasteiger partial charge on any atom is -0.481 e. The van der Waals surface area contributed by atoms with Crippen LogP contribution in [0.1, 0.15) is 17.3 Å². The minimum absolute atomic E-state index is 0.00278. The molecule has 2 atom stereocenters. The minimum atomic E-state index is -1.43. The summed E-state index contributed by atoms with van der Waals surface area (Å²) in [6, 6.07) is 2.57. The van der Waals surface area contributed by atoms with E-state index in [0.717, 1.165) is 40.5 Å². The Kier molecular flexibility index (Phi) is 6.44. The predicted octanol–water partition coefficient (Wildman–Crippen LogP) is 2.43. The topological polar surface area (TPSA) is 116 Å². The molecule has 3 N–H and O–H groups in total. The third kappa shape index (κ3) is 5.12. The van der Waals surface area contributed by atoms with Gasteiger partial charge in [-0.2, -0.15) is 0 Å². The molecule has 1 aromatic heterocycles. The number of hydrogen-bond donors (Lipinski definition) is 3. The Hall–Kier alpha value is -3.60. The average molecular weight is 449 g/mol. The van der Waals surface area contributed by atoms with Gasteiger partial charge in [-0.15, -0.1) is 11.3 Å². The monoisotopic (exact) mass is 449 g/mol. The van der Waals surface area contributed by atoms with E-state index in [2.05, 4.69) is 10.6 Å². The van der Waals surface area contributed by atoms with Crippen LogP contribution in [0.4, 0.5) is 13.6 Å². The molecule has 0 radical (unpaired) electrons. The highest BCUT2D eigenvalue weighted by atomic mass is 32.1. The third-order valence-electron chi connectivity index (χ3n) is 4.47. The van der Waals surface area contributed by atoms with Gasteiger partial charge in [0.25, 0.3) is 5.91 Å². The van der Waals surface area contributed by atoms with Gasteiger partial charge in [0.15, 0.2) is 11.8 Å². The van der Waals surface area contributed by atoms with Crippen molar-refractivity contribution in [2.45, 2.75) is 18.5 Å². The Bertz CT molecular complexity index is 1080. The zero-order valence-electron chi connectivity index (χ0n) is 16.1. The molecule has 1 unspecified atom stereocenters. The molecule has 0 saturated heterocycles. The van der Waals surface area contributed by atoms with Gasteiger partial charge in [0, 0.05) is 34.6 Å². The summed E-state index contributed by atoms with van der Waals surface area (Å²) >= 11 is 0.983. The van der Waals surface area contributed by atoms with E-state index < -0.39 is 53.8 Å². The number of halogens is 2. The fourth-order valence-corrected chi connectivity index (χ4v) is 3.99. The van der Waals surface area contributed by atoms with Crippen molar-refractivity contribution in [3.63, 3.8) is 0 Å². The summed E-state index contributed by atoms with van der Waals surface area (Å²) in [5, 5.41) is 13.9. The first kappa shape index (κ1) is 22.1. The second-order valence-electron chi connectivity index (χ2n) is 6.69. The van der Waals surface area contributed by atoms with Crippen LogP contribution in [-0.2, 0) is 14.4 Å². The molecule has 0 aliphatic carbocycles. The smallest absolute Gasteiger partial charge is 0.316 e. The summed E-state index contributed by atoms with van der Waals surface area (Å²) in [6.07, 6.45) is 1.90. The summed E-state index contributed by atoms with van der Waals surface area (Å²) in [6.45, 7) is 0. The van der Waals surface area contributed by atoms with Crippen molar-refractivity contribution in [1.29, 1.82) is 0 Å². The van der Waals surface area contributed by atoms with Crippen LogP contribution in [0.2, 0.25) is 0 Å². The van der Waals surface area contributed by atoms with Crippen molar-refractivity contribution in [2.24, 2.45) is 0 Å². The number of carboxylic acids is 1. The molecule has 11 heteroatoms. The third-order valence-corrected chi connectivity index (χ3v) is 5.70. The highest BCUT2D eigenvalue weighted by Gasteiger charge is 2.32. The van der Waals surface area contributed by atoms with E-state index in [1.807, 2.05) is 0 Å². The number of nitrogens with zero attached hydrogens (tertiary/aromatic N) is 1. The number of carbonyl (C=O) groups excluding carboxylic acids is 3. The fourth-order valence-electron chi connectivity index (χ4n) is 2.91. The number of urea groups is 1. The van der Waals surface area contributed by atoms with Crippen LogP contribution in [-0.4, -0.2) is 46.8 Å². The van der Waals surface area contributed by atoms with Gasteiger partial charge in [-0.25, -0.2) is 13.6 Å². The van der Waals surface area contributed by atoms with E-state index >= 15 is 0 Å². The molecular weight excluding hydrogens is 432 g/mol. The SMILES string of the molecule is CN1C=CC(=O)C(NC(=O)N[C@@H](CC(=O)O)c2ccc(-c3cc(F)ccc3F)s2)C1=O. The molecule has 8 nitrogen and oxygen atoms in total. The highest BCUT2D eigenvalue weighted by Crippen LogP contribution is 2.34. The van der Waals surface area contributed by atoms with Crippen molar-refractivity contribution >= 4 is 35.0 Å². The molecule has 162 valence electrons. The van der Waals surface area contributed by atoms with Crippen molar-refractivity contribution < 1.29 is 33.1 Å². The molecule has 2 heterocycles. The maximum absolute atomic E-state index is 14.0. The number of nitrogens with one attached hydrogen (secondary N) is 2. The van der Waals surface area contributed by atoms with Crippen LogP contribution in [0, 0.1) is 11.6 Å². The van der Waals surface area contributed by atoms with Crippen molar-refractivity contribution in [2.75, 3.05) is 7.05 Å². The molecule has 0 spiro atoms. The highest BCUT2D eigenvalue weighted by molar-refractivity contribution is 7.15. The number of thiophene rings is 1. The van der Waals surface area contributed by atoms with Crippen LogP contribution in [0.25, 0.3) is 10.4 Å². The van der Waals surface area contributed by atoms with Crippen LogP contribution in [0.15, 0.2) is 42.6 Å². The number of rotatable bonds is 6. The van der Waals surface area contributed by atoms with Gasteiger partial charge in [0.1, 0.15) is 11.6 Å². The number of amides is 3. The zero-order valence-corrected chi connectivity index (χ0v) is 16.9. The quantitative estimate of drug-likeness (QED) is 0.586. The lowest BCUT2D eigenvalue weighted by molar-refractivity contribution is -0.138. The number of carboxylic acid groups (broad SMARTS) is 1. The van der Waals surface area contributed by atoms with E-state index in [4.69, 9.17) is 0 Å². The van der Waals surface area contributed by atoms with Crippen molar-refractivity contribution in [3.8, 4) is 10.4 Å². The molecule has 1 aromatic carbocycles. The van der Waals surface area contributed by atoms with Gasteiger partial charge in [0.2, 0.25) is 0 Å². The first-order valence-corrected chi connectivity index (χ1v) is 9.80.